The second-order valence-electron chi connectivity index (χ2n) is 13.2. The number of ether oxygens (including phenoxy) is 2. The predicted octanol–water partition coefficient (Wildman–Crippen LogP) is 4.18. The highest BCUT2D eigenvalue weighted by molar-refractivity contribution is 7.87. The van der Waals surface area contributed by atoms with Crippen LogP contribution in [0.3, 0.4) is 0 Å². The number of likely N-dealkylation sites (tertiary alicyclic amines) is 1. The van der Waals surface area contributed by atoms with Crippen LogP contribution in [0.2, 0.25) is 0 Å². The number of amides is 3. The number of carbonyl (C=O) groups excluding carboxylic acids is 2. The fourth-order valence-electron chi connectivity index (χ4n) is 7.61. The number of benzene rings is 2. The summed E-state index contributed by atoms with van der Waals surface area (Å²) in [5, 5.41) is 4.48. The first-order valence-corrected chi connectivity index (χ1v) is 17.2. The van der Waals surface area contributed by atoms with Gasteiger partial charge in [-0.05, 0) is 66.6 Å². The van der Waals surface area contributed by atoms with Gasteiger partial charge in [-0.15, -0.1) is 0 Å². The molecule has 240 valence electrons. The summed E-state index contributed by atoms with van der Waals surface area (Å²) >= 11 is 0. The maximum atomic E-state index is 13.5. The second-order valence-corrected chi connectivity index (χ2v) is 15.1. The first-order valence-electron chi connectivity index (χ1n) is 15.7. The summed E-state index contributed by atoms with van der Waals surface area (Å²) in [4.78, 5) is 28.5. The van der Waals surface area contributed by atoms with E-state index in [1.807, 2.05) is 18.2 Å². The molecule has 1 aromatic heterocycles. The number of methoxy groups -OCH3 is 2. The smallest absolute Gasteiger partial charge is 0.318 e. The number of nitrogens with one attached hydrogen (secondary N) is 2. The Morgan fingerprint density at radius 3 is 2.47 bits per heavy atom. The summed E-state index contributed by atoms with van der Waals surface area (Å²) in [5.74, 6) is 0.540. The molecular weight excluding hydrogens is 594 g/mol. The number of carbonyl (C=O) groups is 2. The van der Waals surface area contributed by atoms with Crippen LogP contribution in [0, 0.1) is 0 Å². The minimum Gasteiger partial charge on any atom is -0.497 e. The lowest BCUT2D eigenvalue weighted by atomic mass is 9.81. The largest absolute Gasteiger partial charge is 0.497 e. The lowest BCUT2D eigenvalue weighted by molar-refractivity contribution is -0.00856. The molecule has 2 aromatic carbocycles. The van der Waals surface area contributed by atoms with Gasteiger partial charge in [0.25, 0.3) is 5.91 Å². The van der Waals surface area contributed by atoms with E-state index in [1.54, 1.807) is 25.2 Å². The molecular formula is C33H41N5O6S. The summed E-state index contributed by atoms with van der Waals surface area (Å²) in [6.07, 6.45) is 6.55. The molecule has 3 fully saturated rings. The SMILES string of the molecule is COc1ccc2c(c1)[C@H]1C[C@@]1(NC(=O)N1CC(OC)C1)Cn1c-2c(C2CCCCC2)c2ccc(C(=O)NS(=O)(=O)N(C)C)cc21. The topological polar surface area (TPSA) is 122 Å². The average Bonchev–Trinajstić information content (AvgIpc) is 3.63. The molecule has 0 radical (unpaired) electrons. The zero-order valence-electron chi connectivity index (χ0n) is 26.3. The number of nitrogens with zero attached hydrogens (tertiary/aromatic N) is 3. The minimum absolute atomic E-state index is 0.0568. The Morgan fingerprint density at radius 2 is 1.78 bits per heavy atom. The molecule has 12 heteroatoms. The highest BCUT2D eigenvalue weighted by Crippen LogP contribution is 2.60. The molecule has 11 nitrogen and oxygen atoms in total. The maximum absolute atomic E-state index is 13.5. The summed E-state index contributed by atoms with van der Waals surface area (Å²) in [6.45, 7) is 1.65. The van der Waals surface area contributed by atoms with E-state index in [9.17, 15) is 18.0 Å². The molecule has 45 heavy (non-hydrogen) atoms. The van der Waals surface area contributed by atoms with Crippen molar-refractivity contribution in [2.75, 3.05) is 41.4 Å². The van der Waals surface area contributed by atoms with E-state index in [-0.39, 0.29) is 23.6 Å². The first kappa shape index (κ1) is 30.1. The monoisotopic (exact) mass is 635 g/mol. The van der Waals surface area contributed by atoms with Crippen molar-refractivity contribution in [2.24, 2.45) is 0 Å². The van der Waals surface area contributed by atoms with Crippen LogP contribution in [0.25, 0.3) is 22.2 Å². The van der Waals surface area contributed by atoms with Gasteiger partial charge in [0.1, 0.15) is 5.75 Å². The molecule has 2 N–H and O–H groups in total. The number of aromatic nitrogens is 1. The molecule has 0 bridgehead atoms. The Labute approximate surface area is 264 Å². The average molecular weight is 636 g/mol. The molecule has 4 aliphatic rings. The van der Waals surface area contributed by atoms with Crippen LogP contribution in [0.4, 0.5) is 4.79 Å². The van der Waals surface area contributed by atoms with Gasteiger partial charge in [-0.2, -0.15) is 12.7 Å². The molecule has 0 unspecified atom stereocenters. The molecule has 3 amide bonds. The third kappa shape index (κ3) is 5.07. The van der Waals surface area contributed by atoms with Crippen molar-refractivity contribution in [1.29, 1.82) is 0 Å². The van der Waals surface area contributed by atoms with Gasteiger partial charge >= 0.3 is 16.2 Å². The minimum atomic E-state index is -3.96. The summed E-state index contributed by atoms with van der Waals surface area (Å²) in [5.41, 5.74) is 5.28. The Balaban J connectivity index is 1.39. The lowest BCUT2D eigenvalue weighted by Crippen LogP contribution is -2.59. The van der Waals surface area contributed by atoms with Crippen LogP contribution in [-0.4, -0.2) is 87.2 Å². The molecule has 7 rings (SSSR count). The molecule has 2 aliphatic carbocycles. The van der Waals surface area contributed by atoms with Crippen LogP contribution in [0.1, 0.15) is 71.8 Å². The number of hydrogen-bond donors (Lipinski definition) is 2. The molecule has 1 saturated heterocycles. The second kappa shape index (κ2) is 11.0. The lowest BCUT2D eigenvalue weighted by Gasteiger charge is -2.39. The van der Waals surface area contributed by atoms with Gasteiger partial charge in [-0.1, -0.05) is 25.3 Å². The summed E-state index contributed by atoms with van der Waals surface area (Å²) in [6, 6.07) is 11.6. The number of urea groups is 1. The summed E-state index contributed by atoms with van der Waals surface area (Å²) in [7, 11) is 2.13. The van der Waals surface area contributed by atoms with Gasteiger partial charge in [0.15, 0.2) is 0 Å². The Morgan fingerprint density at radius 1 is 1.02 bits per heavy atom. The normalized spacial score (nSPS) is 23.0. The Hall–Kier alpha value is -3.61. The molecule has 2 atom stereocenters. The number of fused-ring (bicyclic) bond motifs is 7. The van der Waals surface area contributed by atoms with Gasteiger partial charge in [0.2, 0.25) is 0 Å². The fourth-order valence-corrected chi connectivity index (χ4v) is 8.14. The predicted molar refractivity (Wildman–Crippen MR) is 171 cm³/mol. The van der Waals surface area contributed by atoms with E-state index in [2.05, 4.69) is 26.7 Å². The third-order valence-corrected chi connectivity index (χ3v) is 11.7. The van der Waals surface area contributed by atoms with Crippen molar-refractivity contribution in [3.8, 4) is 17.0 Å². The molecule has 0 spiro atoms. The van der Waals surface area contributed by atoms with E-state index in [4.69, 9.17) is 9.47 Å². The van der Waals surface area contributed by atoms with Crippen molar-refractivity contribution in [2.45, 2.75) is 68.5 Å². The van der Waals surface area contributed by atoms with Gasteiger partial charge in [0, 0.05) is 55.7 Å². The van der Waals surface area contributed by atoms with E-state index < -0.39 is 21.7 Å². The van der Waals surface area contributed by atoms with Gasteiger partial charge < -0.3 is 24.3 Å². The van der Waals surface area contributed by atoms with Crippen molar-refractivity contribution < 1.29 is 27.5 Å². The van der Waals surface area contributed by atoms with Crippen molar-refractivity contribution in [3.05, 3.63) is 53.1 Å². The van der Waals surface area contributed by atoms with Gasteiger partial charge in [0.05, 0.1) is 37.5 Å². The standard InChI is InChI=1S/C33H41N5O6S/c1-36(2)45(41,42)35-31(39)21-10-12-25-28(14-21)38-19-33(34-32(40)37-17-23(18-37)44-4)16-27(33)26-15-22(43-3)11-13-24(26)30(38)29(25)20-8-6-5-7-9-20/h10-15,20,23,27H,5-9,16-19H2,1-4H3,(H,34,40)(H,35,39)/t27-,33-/m1/s1. The zero-order chi connectivity index (χ0) is 31.7. The molecule has 3 aromatic rings. The van der Waals surface area contributed by atoms with Gasteiger partial charge in [-0.25, -0.2) is 9.52 Å². The third-order valence-electron chi connectivity index (χ3n) is 10.3. The van der Waals surface area contributed by atoms with Crippen LogP contribution in [-0.2, 0) is 21.5 Å². The fraction of sp³-hybridized carbons (Fsp3) is 0.515. The van der Waals surface area contributed by atoms with Crippen molar-refractivity contribution in [1.82, 2.24) is 23.8 Å². The zero-order valence-corrected chi connectivity index (χ0v) is 27.1. The van der Waals surface area contributed by atoms with Gasteiger partial charge in [-0.3, -0.25) is 4.79 Å². The molecule has 3 heterocycles. The van der Waals surface area contributed by atoms with E-state index in [0.29, 0.717) is 25.6 Å². The number of hydrogen-bond acceptors (Lipinski definition) is 6. The van der Waals surface area contributed by atoms with Crippen LogP contribution >= 0.6 is 0 Å². The van der Waals surface area contributed by atoms with Crippen LogP contribution in [0.5, 0.6) is 5.75 Å². The highest BCUT2D eigenvalue weighted by atomic mass is 32.2. The van der Waals surface area contributed by atoms with Crippen molar-refractivity contribution >= 4 is 33.1 Å². The van der Waals surface area contributed by atoms with E-state index in [1.165, 1.54) is 26.1 Å². The Kier molecular flexibility index (Phi) is 7.37. The summed E-state index contributed by atoms with van der Waals surface area (Å²) < 4.78 is 41.5. The Bertz CT molecular complexity index is 1790. The van der Waals surface area contributed by atoms with E-state index in [0.717, 1.165) is 69.9 Å². The quantitative estimate of drug-likeness (QED) is 0.402. The van der Waals surface area contributed by atoms with Crippen LogP contribution < -0.4 is 14.8 Å². The van der Waals surface area contributed by atoms with E-state index >= 15 is 0 Å². The van der Waals surface area contributed by atoms with Crippen molar-refractivity contribution in [3.63, 3.8) is 0 Å². The number of rotatable bonds is 7. The molecule has 2 aliphatic heterocycles. The maximum Gasteiger partial charge on any atom is 0.318 e. The highest BCUT2D eigenvalue weighted by Gasteiger charge is 2.59. The molecule has 2 saturated carbocycles. The first-order chi connectivity index (χ1) is 21.5. The van der Waals surface area contributed by atoms with Crippen LogP contribution in [0.15, 0.2) is 36.4 Å².